The van der Waals surface area contributed by atoms with E-state index in [0.29, 0.717) is 0 Å². The van der Waals surface area contributed by atoms with Crippen molar-refractivity contribution in [2.45, 2.75) is 26.2 Å². The molecular weight excluding hydrogens is 230 g/mol. The molecular formula is C14H17NOS. The van der Waals surface area contributed by atoms with Crippen LogP contribution in [0, 0.1) is 0 Å². The van der Waals surface area contributed by atoms with Gasteiger partial charge in [0.15, 0.2) is 0 Å². The number of thiazole rings is 1. The summed E-state index contributed by atoms with van der Waals surface area (Å²) >= 11 is 1.70. The Morgan fingerprint density at radius 3 is 2.71 bits per heavy atom. The van der Waals surface area contributed by atoms with Gasteiger partial charge in [-0.15, -0.1) is 11.3 Å². The second-order valence-electron chi connectivity index (χ2n) is 3.99. The van der Waals surface area contributed by atoms with E-state index in [1.807, 2.05) is 23.8 Å². The molecule has 1 aromatic heterocycles. The van der Waals surface area contributed by atoms with Crippen LogP contribution in [0.1, 0.15) is 30.2 Å². The van der Waals surface area contributed by atoms with Gasteiger partial charge in [0.05, 0.1) is 12.1 Å². The highest BCUT2D eigenvalue weighted by atomic mass is 32.1. The molecule has 0 saturated heterocycles. The lowest BCUT2D eigenvalue weighted by Crippen LogP contribution is -1.96. The van der Waals surface area contributed by atoms with Gasteiger partial charge in [-0.05, 0) is 24.1 Å². The minimum absolute atomic E-state index is 0.810. The number of rotatable bonds is 6. The quantitative estimate of drug-likeness (QED) is 0.722. The van der Waals surface area contributed by atoms with E-state index in [1.54, 1.807) is 11.3 Å². The number of nitrogens with zero attached hydrogens (tertiary/aromatic N) is 1. The molecule has 17 heavy (non-hydrogen) atoms. The molecule has 0 aliphatic rings. The largest absolute Gasteiger partial charge is 0.494 e. The van der Waals surface area contributed by atoms with Crippen LogP contribution < -0.4 is 4.74 Å². The number of aromatic nitrogens is 1. The topological polar surface area (TPSA) is 22.1 Å². The number of benzene rings is 1. The van der Waals surface area contributed by atoms with Gasteiger partial charge in [0.25, 0.3) is 0 Å². The molecule has 0 atom stereocenters. The van der Waals surface area contributed by atoms with Crippen LogP contribution in [0.25, 0.3) is 0 Å². The first-order chi connectivity index (χ1) is 8.38. The summed E-state index contributed by atoms with van der Waals surface area (Å²) in [4.78, 5) is 5.38. The van der Waals surface area contributed by atoms with Gasteiger partial charge in [-0.2, -0.15) is 0 Å². The summed E-state index contributed by atoms with van der Waals surface area (Å²) in [6.45, 7) is 2.98. The normalized spacial score (nSPS) is 10.4. The smallest absolute Gasteiger partial charge is 0.119 e. The van der Waals surface area contributed by atoms with Crippen molar-refractivity contribution >= 4 is 11.3 Å². The molecule has 2 nitrogen and oxygen atoms in total. The summed E-state index contributed by atoms with van der Waals surface area (Å²) in [5.41, 5.74) is 3.18. The highest BCUT2D eigenvalue weighted by molar-refractivity contribution is 7.09. The number of hydrogen-bond acceptors (Lipinski definition) is 3. The third kappa shape index (κ3) is 3.86. The number of unbranched alkanes of at least 4 members (excludes halogenated alkanes) is 1. The molecule has 1 aromatic carbocycles. The number of hydrogen-bond donors (Lipinski definition) is 0. The third-order valence-electron chi connectivity index (χ3n) is 2.55. The van der Waals surface area contributed by atoms with Crippen molar-refractivity contribution in [3.63, 3.8) is 0 Å². The zero-order chi connectivity index (χ0) is 11.9. The molecule has 0 N–H and O–H groups in total. The van der Waals surface area contributed by atoms with Crippen molar-refractivity contribution in [2.75, 3.05) is 6.61 Å². The molecule has 2 aromatic rings. The second-order valence-corrected chi connectivity index (χ2v) is 4.96. The molecule has 3 heteroatoms. The first-order valence-corrected chi connectivity index (χ1v) is 6.85. The summed E-state index contributed by atoms with van der Waals surface area (Å²) < 4.78 is 5.63. The van der Waals surface area contributed by atoms with Crippen LogP contribution in [-0.4, -0.2) is 11.6 Å². The predicted octanol–water partition coefficient (Wildman–Crippen LogP) is 3.91. The molecule has 0 saturated carbocycles. The first-order valence-electron chi connectivity index (χ1n) is 5.97. The summed E-state index contributed by atoms with van der Waals surface area (Å²) in [7, 11) is 0. The molecule has 0 amide bonds. The first kappa shape index (κ1) is 12.1. The second kappa shape index (κ2) is 6.40. The van der Waals surface area contributed by atoms with Gasteiger partial charge in [-0.25, -0.2) is 0 Å². The molecule has 0 spiro atoms. The minimum Gasteiger partial charge on any atom is -0.494 e. The maximum atomic E-state index is 5.63. The van der Waals surface area contributed by atoms with Crippen molar-refractivity contribution in [2.24, 2.45) is 0 Å². The molecule has 0 radical (unpaired) electrons. The molecule has 2 rings (SSSR count). The van der Waals surface area contributed by atoms with E-state index < -0.39 is 0 Å². The Hall–Kier alpha value is -1.35. The fourth-order valence-corrected chi connectivity index (χ4v) is 2.20. The Labute approximate surface area is 106 Å². The van der Waals surface area contributed by atoms with E-state index in [4.69, 9.17) is 4.74 Å². The molecule has 0 bridgehead atoms. The summed E-state index contributed by atoms with van der Waals surface area (Å²) in [5.74, 6) is 0.964. The van der Waals surface area contributed by atoms with Gasteiger partial charge >= 0.3 is 0 Å². The monoisotopic (exact) mass is 247 g/mol. The lowest BCUT2D eigenvalue weighted by atomic mass is 10.1. The minimum atomic E-state index is 0.810. The fourth-order valence-electron chi connectivity index (χ4n) is 1.57. The van der Waals surface area contributed by atoms with Gasteiger partial charge in [-0.3, -0.25) is 4.98 Å². The standard InChI is InChI=1S/C14H17NOS/c1-2-3-8-16-13-6-4-12(5-7-13)9-14-10-15-11-17-14/h4-7,10-11H,2-3,8-9H2,1H3. The van der Waals surface area contributed by atoms with Gasteiger partial charge in [0.2, 0.25) is 0 Å². The Bertz CT molecular complexity index is 422. The van der Waals surface area contributed by atoms with Gasteiger partial charge in [-0.1, -0.05) is 25.5 Å². The SMILES string of the molecule is CCCCOc1ccc(Cc2cncs2)cc1. The average molecular weight is 247 g/mol. The van der Waals surface area contributed by atoms with Crippen LogP contribution in [0.15, 0.2) is 36.0 Å². The molecule has 90 valence electrons. The highest BCUT2D eigenvalue weighted by Crippen LogP contribution is 2.17. The van der Waals surface area contributed by atoms with Crippen LogP contribution in [0.4, 0.5) is 0 Å². The van der Waals surface area contributed by atoms with Crippen molar-refractivity contribution in [1.82, 2.24) is 4.98 Å². The van der Waals surface area contributed by atoms with Crippen molar-refractivity contribution in [3.8, 4) is 5.75 Å². The predicted molar refractivity (Wildman–Crippen MR) is 71.8 cm³/mol. The fraction of sp³-hybridized carbons (Fsp3) is 0.357. The van der Waals surface area contributed by atoms with E-state index in [-0.39, 0.29) is 0 Å². The summed E-state index contributed by atoms with van der Waals surface area (Å²) in [5, 5.41) is 0. The van der Waals surface area contributed by atoms with Gasteiger partial charge in [0, 0.05) is 17.5 Å². The third-order valence-corrected chi connectivity index (χ3v) is 3.33. The van der Waals surface area contributed by atoms with Crippen LogP contribution in [0.2, 0.25) is 0 Å². The van der Waals surface area contributed by atoms with Crippen LogP contribution in [0.3, 0.4) is 0 Å². The van der Waals surface area contributed by atoms with Crippen molar-refractivity contribution in [1.29, 1.82) is 0 Å². The molecule has 1 heterocycles. The Morgan fingerprint density at radius 2 is 2.06 bits per heavy atom. The van der Waals surface area contributed by atoms with E-state index in [2.05, 4.69) is 24.0 Å². The van der Waals surface area contributed by atoms with E-state index in [9.17, 15) is 0 Å². The zero-order valence-electron chi connectivity index (χ0n) is 10.1. The van der Waals surface area contributed by atoms with E-state index in [0.717, 1.165) is 25.2 Å². The molecule has 0 fully saturated rings. The summed E-state index contributed by atoms with van der Waals surface area (Å²) in [6.07, 6.45) is 5.17. The average Bonchev–Trinajstić information content (AvgIpc) is 2.85. The van der Waals surface area contributed by atoms with Crippen LogP contribution in [-0.2, 0) is 6.42 Å². The lowest BCUT2D eigenvalue weighted by Gasteiger charge is -2.06. The lowest BCUT2D eigenvalue weighted by molar-refractivity contribution is 0.309. The van der Waals surface area contributed by atoms with Gasteiger partial charge < -0.3 is 4.74 Å². The maximum Gasteiger partial charge on any atom is 0.119 e. The molecule has 0 aliphatic heterocycles. The Kier molecular flexibility index (Phi) is 4.56. The Morgan fingerprint density at radius 1 is 1.24 bits per heavy atom. The van der Waals surface area contributed by atoms with E-state index >= 15 is 0 Å². The maximum absolute atomic E-state index is 5.63. The molecule has 0 unspecified atom stereocenters. The van der Waals surface area contributed by atoms with E-state index in [1.165, 1.54) is 16.9 Å². The zero-order valence-corrected chi connectivity index (χ0v) is 10.9. The van der Waals surface area contributed by atoms with Crippen molar-refractivity contribution < 1.29 is 4.74 Å². The van der Waals surface area contributed by atoms with Crippen LogP contribution in [0.5, 0.6) is 5.75 Å². The molecule has 0 aliphatic carbocycles. The highest BCUT2D eigenvalue weighted by Gasteiger charge is 1.99. The van der Waals surface area contributed by atoms with Gasteiger partial charge in [0.1, 0.15) is 5.75 Å². The van der Waals surface area contributed by atoms with Crippen LogP contribution >= 0.6 is 11.3 Å². The Balaban J connectivity index is 1.89. The summed E-state index contributed by atoms with van der Waals surface area (Å²) in [6, 6.07) is 8.35. The van der Waals surface area contributed by atoms with Crippen molar-refractivity contribution in [3.05, 3.63) is 46.4 Å². The number of ether oxygens (including phenoxy) is 1.